The number of piperazine rings is 1. The second kappa shape index (κ2) is 7.70. The van der Waals surface area contributed by atoms with Gasteiger partial charge in [0.25, 0.3) is 5.56 Å². The van der Waals surface area contributed by atoms with E-state index in [2.05, 4.69) is 10.00 Å². The summed E-state index contributed by atoms with van der Waals surface area (Å²) in [5.74, 6) is 0. The van der Waals surface area contributed by atoms with Gasteiger partial charge >= 0.3 is 0 Å². The minimum absolute atomic E-state index is 0.131. The molecular formula is C21H24N4O3S. The van der Waals surface area contributed by atoms with Crippen LogP contribution in [-0.4, -0.2) is 53.6 Å². The Morgan fingerprint density at radius 3 is 2.45 bits per heavy atom. The number of benzene rings is 2. The standard InChI is InChI=1S/C21H24N4O3S/c1-16-7-8-20(17(2)13-16)29(27,28)24-11-9-23(10-12-24)15-25-21(26)19-6-4-3-5-18(19)14-22-25/h3-8,13-14H,9-12,15H2,1-2H3. The molecular weight excluding hydrogens is 388 g/mol. The average molecular weight is 413 g/mol. The molecule has 1 fully saturated rings. The monoisotopic (exact) mass is 412 g/mol. The SMILES string of the molecule is Cc1ccc(S(=O)(=O)N2CCN(Cn3ncc4ccccc4c3=O)CC2)c(C)c1. The quantitative estimate of drug-likeness (QED) is 0.655. The number of aromatic nitrogens is 2. The maximum atomic E-state index is 13.0. The lowest BCUT2D eigenvalue weighted by Gasteiger charge is -2.34. The summed E-state index contributed by atoms with van der Waals surface area (Å²) in [5.41, 5.74) is 1.67. The van der Waals surface area contributed by atoms with Gasteiger partial charge in [-0.1, -0.05) is 35.9 Å². The van der Waals surface area contributed by atoms with Crippen molar-refractivity contribution in [3.8, 4) is 0 Å². The fraction of sp³-hybridized carbons (Fsp3) is 0.333. The van der Waals surface area contributed by atoms with Crippen LogP contribution in [0, 0.1) is 13.8 Å². The van der Waals surface area contributed by atoms with E-state index in [1.807, 2.05) is 44.2 Å². The summed E-state index contributed by atoms with van der Waals surface area (Å²) in [4.78, 5) is 15.1. The van der Waals surface area contributed by atoms with Crippen LogP contribution in [-0.2, 0) is 16.7 Å². The molecule has 0 bridgehead atoms. The van der Waals surface area contributed by atoms with E-state index in [0.717, 1.165) is 16.5 Å². The Morgan fingerprint density at radius 1 is 1.00 bits per heavy atom. The first kappa shape index (κ1) is 19.8. The molecule has 1 aliphatic rings. The van der Waals surface area contributed by atoms with E-state index in [4.69, 9.17) is 0 Å². The highest BCUT2D eigenvalue weighted by Crippen LogP contribution is 2.22. The van der Waals surface area contributed by atoms with Crippen molar-refractivity contribution in [2.75, 3.05) is 26.2 Å². The van der Waals surface area contributed by atoms with Gasteiger partial charge < -0.3 is 0 Å². The van der Waals surface area contributed by atoms with Crippen LogP contribution in [0.5, 0.6) is 0 Å². The van der Waals surface area contributed by atoms with Gasteiger partial charge in [0.15, 0.2) is 0 Å². The smallest absolute Gasteiger partial charge is 0.275 e. The third-order valence-corrected chi connectivity index (χ3v) is 7.43. The Morgan fingerprint density at radius 2 is 1.72 bits per heavy atom. The molecule has 3 aromatic rings. The number of sulfonamides is 1. The molecule has 152 valence electrons. The lowest BCUT2D eigenvalue weighted by Crippen LogP contribution is -2.49. The van der Waals surface area contributed by atoms with Gasteiger partial charge in [-0.05, 0) is 31.5 Å². The third kappa shape index (κ3) is 3.83. The Bertz CT molecular complexity index is 1210. The fourth-order valence-corrected chi connectivity index (χ4v) is 5.39. The zero-order valence-electron chi connectivity index (χ0n) is 16.6. The maximum Gasteiger partial charge on any atom is 0.275 e. The summed E-state index contributed by atoms with van der Waals surface area (Å²) in [6.45, 7) is 5.99. The molecule has 8 heteroatoms. The van der Waals surface area contributed by atoms with Crippen molar-refractivity contribution in [3.05, 3.63) is 70.1 Å². The van der Waals surface area contributed by atoms with E-state index < -0.39 is 10.0 Å². The van der Waals surface area contributed by atoms with Gasteiger partial charge in [-0.2, -0.15) is 9.40 Å². The molecule has 1 aromatic heterocycles. The summed E-state index contributed by atoms with van der Waals surface area (Å²) < 4.78 is 29.0. The van der Waals surface area contributed by atoms with Gasteiger partial charge in [-0.3, -0.25) is 9.69 Å². The second-order valence-electron chi connectivity index (χ2n) is 7.47. The van der Waals surface area contributed by atoms with Gasteiger partial charge in [0.1, 0.15) is 0 Å². The minimum Gasteiger partial charge on any atom is -0.282 e. The highest BCUT2D eigenvalue weighted by Gasteiger charge is 2.29. The zero-order chi connectivity index (χ0) is 20.6. The Hall–Kier alpha value is -2.55. The van der Waals surface area contributed by atoms with Crippen LogP contribution in [0.1, 0.15) is 11.1 Å². The molecule has 4 rings (SSSR count). The molecule has 2 heterocycles. The van der Waals surface area contributed by atoms with Gasteiger partial charge in [0, 0.05) is 31.6 Å². The summed E-state index contributed by atoms with van der Waals surface area (Å²) in [5, 5.41) is 5.72. The molecule has 0 unspecified atom stereocenters. The molecule has 29 heavy (non-hydrogen) atoms. The van der Waals surface area contributed by atoms with Crippen molar-refractivity contribution in [1.29, 1.82) is 0 Å². The lowest BCUT2D eigenvalue weighted by atomic mass is 10.2. The van der Waals surface area contributed by atoms with Gasteiger partial charge in [0.05, 0.1) is 23.1 Å². The van der Waals surface area contributed by atoms with Crippen molar-refractivity contribution in [3.63, 3.8) is 0 Å². The largest absolute Gasteiger partial charge is 0.282 e. The Balaban J connectivity index is 1.47. The van der Waals surface area contributed by atoms with Crippen molar-refractivity contribution < 1.29 is 8.42 Å². The van der Waals surface area contributed by atoms with E-state index >= 15 is 0 Å². The van der Waals surface area contributed by atoms with E-state index in [1.54, 1.807) is 18.3 Å². The lowest BCUT2D eigenvalue weighted by molar-refractivity contribution is 0.143. The Labute approximate surface area is 170 Å². The number of rotatable bonds is 4. The molecule has 0 N–H and O–H groups in total. The molecule has 1 aliphatic heterocycles. The van der Waals surface area contributed by atoms with Crippen molar-refractivity contribution >= 4 is 20.8 Å². The van der Waals surface area contributed by atoms with E-state index in [9.17, 15) is 13.2 Å². The van der Waals surface area contributed by atoms with E-state index in [-0.39, 0.29) is 5.56 Å². The zero-order valence-corrected chi connectivity index (χ0v) is 17.4. The van der Waals surface area contributed by atoms with Crippen molar-refractivity contribution in [2.24, 2.45) is 0 Å². The average Bonchev–Trinajstić information content (AvgIpc) is 2.70. The summed E-state index contributed by atoms with van der Waals surface area (Å²) in [6, 6.07) is 12.8. The molecule has 1 saturated heterocycles. The number of hydrogen-bond acceptors (Lipinski definition) is 5. The molecule has 0 radical (unpaired) electrons. The number of nitrogens with zero attached hydrogens (tertiary/aromatic N) is 4. The highest BCUT2D eigenvalue weighted by molar-refractivity contribution is 7.89. The van der Waals surface area contributed by atoms with Crippen LogP contribution in [0.25, 0.3) is 10.8 Å². The topological polar surface area (TPSA) is 75.5 Å². The van der Waals surface area contributed by atoms with Crippen LogP contribution < -0.4 is 5.56 Å². The van der Waals surface area contributed by atoms with Gasteiger partial charge in [0.2, 0.25) is 10.0 Å². The predicted octanol–water partition coefficient (Wildman–Crippen LogP) is 1.98. The van der Waals surface area contributed by atoms with Crippen molar-refractivity contribution in [2.45, 2.75) is 25.4 Å². The minimum atomic E-state index is -3.52. The number of aryl methyl sites for hydroxylation is 2. The van der Waals surface area contributed by atoms with Gasteiger partial charge in [-0.25, -0.2) is 13.1 Å². The predicted molar refractivity (Wildman–Crippen MR) is 112 cm³/mol. The first-order chi connectivity index (χ1) is 13.9. The van der Waals surface area contributed by atoms with E-state index in [1.165, 1.54) is 8.99 Å². The summed E-state index contributed by atoms with van der Waals surface area (Å²) >= 11 is 0. The molecule has 2 aromatic carbocycles. The normalized spacial score (nSPS) is 16.3. The van der Waals surface area contributed by atoms with Crippen LogP contribution in [0.2, 0.25) is 0 Å². The fourth-order valence-electron chi connectivity index (χ4n) is 3.76. The molecule has 7 nitrogen and oxygen atoms in total. The van der Waals surface area contributed by atoms with Crippen molar-refractivity contribution in [1.82, 2.24) is 19.0 Å². The van der Waals surface area contributed by atoms with Crippen LogP contribution in [0.15, 0.2) is 58.4 Å². The number of hydrogen-bond donors (Lipinski definition) is 0. The molecule has 0 saturated carbocycles. The molecule has 0 atom stereocenters. The second-order valence-corrected chi connectivity index (χ2v) is 9.38. The van der Waals surface area contributed by atoms with Crippen LogP contribution >= 0.6 is 0 Å². The van der Waals surface area contributed by atoms with Crippen LogP contribution in [0.4, 0.5) is 0 Å². The highest BCUT2D eigenvalue weighted by atomic mass is 32.2. The molecule has 0 amide bonds. The first-order valence-corrected chi connectivity index (χ1v) is 11.0. The number of fused-ring (bicyclic) bond motifs is 1. The Kier molecular flexibility index (Phi) is 5.24. The third-order valence-electron chi connectivity index (χ3n) is 5.38. The van der Waals surface area contributed by atoms with Crippen LogP contribution in [0.3, 0.4) is 0 Å². The van der Waals surface area contributed by atoms with E-state index in [0.29, 0.717) is 43.1 Å². The van der Waals surface area contributed by atoms with Gasteiger partial charge in [-0.15, -0.1) is 0 Å². The summed E-state index contributed by atoms with van der Waals surface area (Å²) in [6.07, 6.45) is 1.69. The first-order valence-electron chi connectivity index (χ1n) is 9.61. The molecule has 0 aliphatic carbocycles. The summed E-state index contributed by atoms with van der Waals surface area (Å²) in [7, 11) is -3.52. The maximum absolute atomic E-state index is 13.0. The molecule has 0 spiro atoms.